The van der Waals surface area contributed by atoms with Gasteiger partial charge in [-0.1, -0.05) is 12.1 Å². The first-order valence-corrected chi connectivity index (χ1v) is 13.3. The van der Waals surface area contributed by atoms with Gasteiger partial charge in [0.1, 0.15) is 18.3 Å². The average molecular weight is 520 g/mol. The van der Waals surface area contributed by atoms with Crippen molar-refractivity contribution in [3.05, 3.63) is 48.0 Å². The van der Waals surface area contributed by atoms with E-state index in [1.807, 2.05) is 13.8 Å². The second-order valence-corrected chi connectivity index (χ2v) is 10.8. The fourth-order valence-electron chi connectivity index (χ4n) is 3.68. The number of amides is 2. The number of methoxy groups -OCH3 is 1. The van der Waals surface area contributed by atoms with Crippen LogP contribution in [0.25, 0.3) is 0 Å². The number of carbonyl (C=O) groups is 2. The molecule has 10 nitrogen and oxygen atoms in total. The summed E-state index contributed by atoms with van der Waals surface area (Å²) in [6, 6.07) is 10.9. The van der Waals surface area contributed by atoms with Crippen LogP contribution in [-0.2, 0) is 26.2 Å². The van der Waals surface area contributed by atoms with Crippen LogP contribution >= 0.6 is 0 Å². The van der Waals surface area contributed by atoms with Gasteiger partial charge in [0.05, 0.1) is 18.6 Å². The average Bonchev–Trinajstić information content (AvgIpc) is 3.33. The van der Waals surface area contributed by atoms with Crippen LogP contribution in [0.2, 0.25) is 0 Å². The molecule has 0 fully saturated rings. The molecule has 0 bridgehead atoms. The fraction of sp³-hybridized carbons (Fsp3) is 0.440. The molecule has 0 radical (unpaired) electrons. The summed E-state index contributed by atoms with van der Waals surface area (Å²) in [5.74, 6) is 0.489. The summed E-state index contributed by atoms with van der Waals surface area (Å²) in [5, 5.41) is 2.82. The van der Waals surface area contributed by atoms with Gasteiger partial charge in [-0.15, -0.1) is 0 Å². The predicted molar refractivity (Wildman–Crippen MR) is 136 cm³/mol. The molecular formula is C25H33N3O7S. The quantitative estimate of drug-likeness (QED) is 0.485. The van der Waals surface area contributed by atoms with E-state index in [0.29, 0.717) is 17.2 Å². The monoisotopic (exact) mass is 519 g/mol. The number of hydrogen-bond acceptors (Lipinski definition) is 7. The minimum absolute atomic E-state index is 0.0381. The highest BCUT2D eigenvalue weighted by molar-refractivity contribution is 7.92. The number of benzene rings is 2. The summed E-state index contributed by atoms with van der Waals surface area (Å²) in [4.78, 5) is 27.9. The lowest BCUT2D eigenvalue weighted by molar-refractivity contribution is -0.139. The van der Waals surface area contributed by atoms with Crippen molar-refractivity contribution in [1.29, 1.82) is 0 Å². The summed E-state index contributed by atoms with van der Waals surface area (Å²) in [7, 11) is -2.28. The first kappa shape index (κ1) is 27.1. The zero-order valence-corrected chi connectivity index (χ0v) is 22.0. The molecule has 0 aliphatic carbocycles. The number of sulfonamides is 1. The third kappa shape index (κ3) is 6.39. The van der Waals surface area contributed by atoms with E-state index in [4.69, 9.17) is 14.2 Å². The van der Waals surface area contributed by atoms with Crippen LogP contribution in [0.4, 0.5) is 5.69 Å². The lowest BCUT2D eigenvalue weighted by Crippen LogP contribution is -2.52. The smallest absolute Gasteiger partial charge is 0.244 e. The molecule has 0 saturated heterocycles. The van der Waals surface area contributed by atoms with Gasteiger partial charge in [-0.3, -0.25) is 13.9 Å². The number of ether oxygens (including phenoxy) is 3. The Bertz CT molecular complexity index is 1180. The molecule has 2 aromatic rings. The Morgan fingerprint density at radius 1 is 1.06 bits per heavy atom. The van der Waals surface area contributed by atoms with Crippen molar-refractivity contribution < 1.29 is 32.2 Å². The summed E-state index contributed by atoms with van der Waals surface area (Å²) in [6.45, 7) is 6.45. The molecule has 1 heterocycles. The van der Waals surface area contributed by atoms with E-state index >= 15 is 0 Å². The maximum Gasteiger partial charge on any atom is 0.244 e. The summed E-state index contributed by atoms with van der Waals surface area (Å²) in [5.41, 5.74) is 1.04. The van der Waals surface area contributed by atoms with Crippen LogP contribution in [0.15, 0.2) is 42.5 Å². The van der Waals surface area contributed by atoms with Crippen molar-refractivity contribution in [1.82, 2.24) is 10.2 Å². The summed E-state index contributed by atoms with van der Waals surface area (Å²) in [6.07, 6.45) is 0. The Labute approximate surface area is 212 Å². The van der Waals surface area contributed by atoms with Crippen LogP contribution in [-0.4, -0.2) is 63.4 Å². The summed E-state index contributed by atoms with van der Waals surface area (Å²) < 4.78 is 43.0. The largest absolute Gasteiger partial charge is 0.497 e. The molecule has 0 aromatic heterocycles. The van der Waals surface area contributed by atoms with Gasteiger partial charge in [0, 0.05) is 18.7 Å². The molecule has 0 spiro atoms. The van der Waals surface area contributed by atoms with Gasteiger partial charge in [0.15, 0.2) is 11.5 Å². The van der Waals surface area contributed by atoms with Crippen molar-refractivity contribution in [3.63, 3.8) is 0 Å². The number of anilines is 1. The second kappa shape index (κ2) is 11.5. The standard InChI is InChI=1S/C25H33N3O7S/c1-6-36(31,32)28(20-9-12-22-23(13-20)35-16-34-22)15-24(29)27(18(4)25(30)26-17(2)3)14-19-7-10-21(33-5)11-8-19/h7-13,17-18H,6,14-16H2,1-5H3,(H,26,30)/t18-/m1/s1. The molecule has 1 aliphatic rings. The molecule has 36 heavy (non-hydrogen) atoms. The Balaban J connectivity index is 1.93. The van der Waals surface area contributed by atoms with Gasteiger partial charge in [0.25, 0.3) is 0 Å². The van der Waals surface area contributed by atoms with Crippen LogP contribution in [0.1, 0.15) is 33.3 Å². The molecule has 196 valence electrons. The highest BCUT2D eigenvalue weighted by Gasteiger charge is 2.32. The molecule has 1 N–H and O–H groups in total. The molecule has 0 unspecified atom stereocenters. The molecule has 3 rings (SSSR count). The Hall–Kier alpha value is -3.47. The number of rotatable bonds is 11. The van der Waals surface area contributed by atoms with Crippen LogP contribution in [0, 0.1) is 0 Å². The molecular weight excluding hydrogens is 486 g/mol. The zero-order chi connectivity index (χ0) is 26.5. The minimum Gasteiger partial charge on any atom is -0.497 e. The Morgan fingerprint density at radius 3 is 2.33 bits per heavy atom. The molecule has 1 aliphatic heterocycles. The maximum atomic E-state index is 13.6. The second-order valence-electron chi connectivity index (χ2n) is 8.65. The Morgan fingerprint density at radius 2 is 1.72 bits per heavy atom. The zero-order valence-electron chi connectivity index (χ0n) is 21.2. The number of hydrogen-bond donors (Lipinski definition) is 1. The fourth-order valence-corrected chi connectivity index (χ4v) is 4.73. The van der Waals surface area contributed by atoms with E-state index in [1.54, 1.807) is 50.4 Å². The van der Waals surface area contributed by atoms with Gasteiger partial charge in [-0.25, -0.2) is 8.42 Å². The lowest BCUT2D eigenvalue weighted by atomic mass is 10.1. The van der Waals surface area contributed by atoms with Crippen LogP contribution in [0.5, 0.6) is 17.2 Å². The predicted octanol–water partition coefficient (Wildman–Crippen LogP) is 2.52. The SMILES string of the molecule is CCS(=O)(=O)N(CC(=O)N(Cc1ccc(OC)cc1)[C@H](C)C(=O)NC(C)C)c1ccc2c(c1)OCO2. The van der Waals surface area contributed by atoms with E-state index in [2.05, 4.69) is 5.32 Å². The van der Waals surface area contributed by atoms with E-state index in [9.17, 15) is 18.0 Å². The van der Waals surface area contributed by atoms with Crippen LogP contribution in [0.3, 0.4) is 0 Å². The molecule has 2 aromatic carbocycles. The first-order chi connectivity index (χ1) is 17.1. The highest BCUT2D eigenvalue weighted by atomic mass is 32.2. The van der Waals surface area contributed by atoms with Gasteiger partial charge in [-0.2, -0.15) is 0 Å². The molecule has 11 heteroatoms. The topological polar surface area (TPSA) is 114 Å². The molecule has 2 amide bonds. The Kier molecular flexibility index (Phi) is 8.67. The number of fused-ring (bicyclic) bond motifs is 1. The number of nitrogens with zero attached hydrogens (tertiary/aromatic N) is 2. The van der Waals surface area contributed by atoms with Crippen molar-refractivity contribution in [2.45, 2.75) is 46.3 Å². The van der Waals surface area contributed by atoms with E-state index in [0.717, 1.165) is 9.87 Å². The normalized spacial score (nSPS) is 13.3. The van der Waals surface area contributed by atoms with E-state index in [1.165, 1.54) is 17.9 Å². The minimum atomic E-state index is -3.83. The van der Waals surface area contributed by atoms with Gasteiger partial charge >= 0.3 is 0 Å². The maximum absolute atomic E-state index is 13.6. The van der Waals surface area contributed by atoms with Gasteiger partial charge in [-0.05, 0) is 57.5 Å². The highest BCUT2D eigenvalue weighted by Crippen LogP contribution is 2.36. The molecule has 0 saturated carbocycles. The summed E-state index contributed by atoms with van der Waals surface area (Å²) >= 11 is 0. The van der Waals surface area contributed by atoms with Gasteiger partial charge in [0.2, 0.25) is 28.6 Å². The van der Waals surface area contributed by atoms with Gasteiger partial charge < -0.3 is 24.4 Å². The van der Waals surface area contributed by atoms with Crippen molar-refractivity contribution >= 4 is 27.5 Å². The van der Waals surface area contributed by atoms with Crippen molar-refractivity contribution in [2.24, 2.45) is 0 Å². The van der Waals surface area contributed by atoms with E-state index < -0.39 is 28.5 Å². The third-order valence-electron chi connectivity index (χ3n) is 5.73. The number of nitrogens with one attached hydrogen (secondary N) is 1. The van der Waals surface area contributed by atoms with E-state index in [-0.39, 0.29) is 36.7 Å². The lowest BCUT2D eigenvalue weighted by Gasteiger charge is -2.32. The number of carbonyl (C=O) groups excluding carboxylic acids is 2. The van der Waals surface area contributed by atoms with Crippen LogP contribution < -0.4 is 23.8 Å². The first-order valence-electron chi connectivity index (χ1n) is 11.7. The van der Waals surface area contributed by atoms with Crippen molar-refractivity contribution in [2.75, 3.05) is 30.5 Å². The molecule has 1 atom stereocenters. The third-order valence-corrected chi connectivity index (χ3v) is 7.47. The van der Waals surface area contributed by atoms with Crippen molar-refractivity contribution in [3.8, 4) is 17.2 Å².